The second-order valence-electron chi connectivity index (χ2n) is 3.50. The topological polar surface area (TPSA) is 43.4 Å². The first-order valence-electron chi connectivity index (χ1n) is 4.84. The van der Waals surface area contributed by atoms with Gasteiger partial charge in [0.2, 0.25) is 0 Å². The van der Waals surface area contributed by atoms with Crippen molar-refractivity contribution in [2.45, 2.75) is 18.7 Å². The first kappa shape index (κ1) is 12.9. The van der Waals surface area contributed by atoms with Crippen LogP contribution in [0, 0.1) is 6.92 Å². The Labute approximate surface area is 103 Å². The molecule has 1 aromatic carbocycles. The fraction of sp³-hybridized carbons (Fsp3) is 0.333. The predicted octanol–water partition coefficient (Wildman–Crippen LogP) is 2.75. The molecule has 0 aromatic heterocycles. The van der Waals surface area contributed by atoms with E-state index in [1.807, 2.05) is 0 Å². The second-order valence-corrected chi connectivity index (χ2v) is 4.88. The van der Waals surface area contributed by atoms with Gasteiger partial charge in [-0.2, -0.15) is 0 Å². The molecule has 0 saturated carbocycles. The summed E-state index contributed by atoms with van der Waals surface area (Å²) in [5.41, 5.74) is 1.86. The Hall–Kier alpha value is -1.16. The normalized spacial score (nSPS) is 12.0. The average Bonchev–Trinajstić information content (AvgIpc) is 2.26. The van der Waals surface area contributed by atoms with Crippen LogP contribution in [-0.4, -0.2) is 23.7 Å². The van der Waals surface area contributed by atoms with Crippen LogP contribution in [0.4, 0.5) is 0 Å². The third-order valence-corrected chi connectivity index (χ3v) is 2.69. The monoisotopic (exact) mass is 284 g/mol. The molecule has 0 radical (unpaired) electrons. The van der Waals surface area contributed by atoms with E-state index in [4.69, 9.17) is 0 Å². The highest BCUT2D eigenvalue weighted by molar-refractivity contribution is 9.10. The maximum absolute atomic E-state index is 11.8. The van der Waals surface area contributed by atoms with Crippen LogP contribution < -0.4 is 0 Å². The summed E-state index contributed by atoms with van der Waals surface area (Å²) >= 11 is 3.23. The van der Waals surface area contributed by atoms with Crippen LogP contribution in [0.15, 0.2) is 18.2 Å². The maximum atomic E-state index is 11.8. The molecule has 0 bridgehead atoms. The highest BCUT2D eigenvalue weighted by Gasteiger charge is 2.15. The summed E-state index contributed by atoms with van der Waals surface area (Å²) in [6, 6.07) is 4.91. The summed E-state index contributed by atoms with van der Waals surface area (Å²) < 4.78 is 4.61. The maximum Gasteiger partial charge on any atom is 0.337 e. The molecule has 0 spiro atoms. The lowest BCUT2D eigenvalue weighted by Gasteiger charge is -2.08. The van der Waals surface area contributed by atoms with Crippen molar-refractivity contribution in [2.75, 3.05) is 7.11 Å². The summed E-state index contributed by atoms with van der Waals surface area (Å²) in [5, 5.41) is 0. The molecule has 16 heavy (non-hydrogen) atoms. The Balaban J connectivity index is 3.10. The second kappa shape index (κ2) is 5.25. The fourth-order valence-electron chi connectivity index (χ4n) is 1.40. The minimum Gasteiger partial charge on any atom is -0.465 e. The number of halogens is 1. The van der Waals surface area contributed by atoms with Gasteiger partial charge in [0.1, 0.15) is 0 Å². The van der Waals surface area contributed by atoms with E-state index >= 15 is 0 Å². The molecule has 3 nitrogen and oxygen atoms in total. The molecule has 86 valence electrons. The largest absolute Gasteiger partial charge is 0.465 e. The summed E-state index contributed by atoms with van der Waals surface area (Å²) in [6.07, 6.45) is 0. The molecule has 1 aromatic rings. The number of esters is 1. The van der Waals surface area contributed by atoms with Crippen LogP contribution in [0.25, 0.3) is 0 Å². The molecular weight excluding hydrogens is 272 g/mol. The Bertz CT molecular complexity index is 424. The minimum atomic E-state index is -0.394. The predicted molar refractivity (Wildman–Crippen MR) is 65.2 cm³/mol. The zero-order valence-electron chi connectivity index (χ0n) is 9.41. The van der Waals surface area contributed by atoms with Crippen LogP contribution in [0.3, 0.4) is 0 Å². The third kappa shape index (κ3) is 2.70. The van der Waals surface area contributed by atoms with E-state index in [1.165, 1.54) is 7.11 Å². The van der Waals surface area contributed by atoms with Gasteiger partial charge in [-0.15, -0.1) is 0 Å². The number of carbonyl (C=O) groups is 2. The van der Waals surface area contributed by atoms with Gasteiger partial charge in [-0.3, -0.25) is 4.79 Å². The van der Waals surface area contributed by atoms with E-state index in [0.29, 0.717) is 11.1 Å². The lowest BCUT2D eigenvalue weighted by atomic mass is 10.0. The zero-order valence-corrected chi connectivity index (χ0v) is 11.0. The lowest BCUT2D eigenvalue weighted by molar-refractivity contribution is 0.0600. The smallest absolute Gasteiger partial charge is 0.337 e. The molecular formula is C12H13BrO3. The van der Waals surface area contributed by atoms with Crippen LogP contribution in [-0.2, 0) is 4.74 Å². The first-order chi connectivity index (χ1) is 7.47. The number of rotatable bonds is 3. The minimum absolute atomic E-state index is 0.00826. The van der Waals surface area contributed by atoms with E-state index in [0.717, 1.165) is 5.56 Å². The molecule has 0 amide bonds. The van der Waals surface area contributed by atoms with Crippen molar-refractivity contribution in [3.63, 3.8) is 0 Å². The Kier molecular flexibility index (Phi) is 4.24. The molecule has 1 atom stereocenters. The summed E-state index contributed by atoms with van der Waals surface area (Å²) in [4.78, 5) is 22.8. The molecule has 0 N–H and O–H groups in total. The molecule has 0 heterocycles. The number of hydrogen-bond acceptors (Lipinski definition) is 3. The van der Waals surface area contributed by atoms with E-state index in [-0.39, 0.29) is 10.6 Å². The van der Waals surface area contributed by atoms with Crippen molar-refractivity contribution >= 4 is 27.7 Å². The highest BCUT2D eigenvalue weighted by Crippen LogP contribution is 2.16. The molecule has 0 aliphatic rings. The van der Waals surface area contributed by atoms with Crippen molar-refractivity contribution in [1.82, 2.24) is 0 Å². The molecule has 0 saturated heterocycles. The number of methoxy groups -OCH3 is 1. The standard InChI is InChI=1S/C12H13BrO3/c1-7-6-9(12(15)16-3)4-5-10(7)11(14)8(2)13/h4-6,8H,1-3H3. The van der Waals surface area contributed by atoms with Gasteiger partial charge in [0.15, 0.2) is 5.78 Å². The third-order valence-electron chi connectivity index (χ3n) is 2.27. The summed E-state index contributed by atoms with van der Waals surface area (Å²) in [7, 11) is 1.33. The summed E-state index contributed by atoms with van der Waals surface area (Å²) in [6.45, 7) is 3.57. The molecule has 1 unspecified atom stereocenters. The van der Waals surface area contributed by atoms with Crippen molar-refractivity contribution in [1.29, 1.82) is 0 Å². The SMILES string of the molecule is COC(=O)c1ccc(C(=O)C(C)Br)c(C)c1. The Morgan fingerprint density at radius 2 is 2.00 bits per heavy atom. The van der Waals surface area contributed by atoms with Gasteiger partial charge < -0.3 is 4.74 Å². The fourth-order valence-corrected chi connectivity index (χ4v) is 1.65. The van der Waals surface area contributed by atoms with Crippen LogP contribution in [0.5, 0.6) is 0 Å². The number of hydrogen-bond donors (Lipinski definition) is 0. The van der Waals surface area contributed by atoms with Crippen LogP contribution in [0.1, 0.15) is 33.2 Å². The van der Waals surface area contributed by atoms with Crippen molar-refractivity contribution in [3.05, 3.63) is 34.9 Å². The van der Waals surface area contributed by atoms with Gasteiger partial charge in [-0.1, -0.05) is 22.0 Å². The molecule has 0 aliphatic heterocycles. The number of carbonyl (C=O) groups excluding carboxylic acids is 2. The molecule has 0 fully saturated rings. The van der Waals surface area contributed by atoms with Crippen molar-refractivity contribution in [2.24, 2.45) is 0 Å². The number of benzene rings is 1. The molecule has 0 aliphatic carbocycles. The zero-order chi connectivity index (χ0) is 12.3. The molecule has 4 heteroatoms. The quantitative estimate of drug-likeness (QED) is 0.487. The van der Waals surface area contributed by atoms with E-state index in [9.17, 15) is 9.59 Å². The molecule has 1 rings (SSSR count). The van der Waals surface area contributed by atoms with E-state index in [1.54, 1.807) is 32.0 Å². The average molecular weight is 285 g/mol. The number of alkyl halides is 1. The lowest BCUT2D eigenvalue weighted by Crippen LogP contribution is -2.12. The summed E-state index contributed by atoms with van der Waals surface area (Å²) in [5.74, 6) is -0.386. The first-order valence-corrected chi connectivity index (χ1v) is 5.76. The Morgan fingerprint density at radius 1 is 1.38 bits per heavy atom. The highest BCUT2D eigenvalue weighted by atomic mass is 79.9. The van der Waals surface area contributed by atoms with Gasteiger partial charge in [0.25, 0.3) is 0 Å². The van der Waals surface area contributed by atoms with Crippen LogP contribution in [0.2, 0.25) is 0 Å². The van der Waals surface area contributed by atoms with E-state index < -0.39 is 5.97 Å². The van der Waals surface area contributed by atoms with Gasteiger partial charge in [0.05, 0.1) is 17.5 Å². The number of aryl methyl sites for hydroxylation is 1. The van der Waals surface area contributed by atoms with Gasteiger partial charge in [-0.25, -0.2) is 4.79 Å². The number of ketones is 1. The van der Waals surface area contributed by atoms with Gasteiger partial charge in [-0.05, 0) is 31.5 Å². The van der Waals surface area contributed by atoms with E-state index in [2.05, 4.69) is 20.7 Å². The van der Waals surface area contributed by atoms with Gasteiger partial charge in [0, 0.05) is 5.56 Å². The van der Waals surface area contributed by atoms with Crippen molar-refractivity contribution in [3.8, 4) is 0 Å². The number of Topliss-reactive ketones (excluding diaryl/α,β-unsaturated/α-hetero) is 1. The van der Waals surface area contributed by atoms with Gasteiger partial charge >= 0.3 is 5.97 Å². The number of ether oxygens (including phenoxy) is 1. The Morgan fingerprint density at radius 3 is 2.44 bits per heavy atom. The van der Waals surface area contributed by atoms with Crippen molar-refractivity contribution < 1.29 is 14.3 Å². The van der Waals surface area contributed by atoms with Crippen LogP contribution >= 0.6 is 15.9 Å².